The van der Waals surface area contributed by atoms with Crippen LogP contribution >= 0.6 is 0 Å². The molecule has 1 aliphatic rings. The lowest BCUT2D eigenvalue weighted by atomic mass is 10.0. The van der Waals surface area contributed by atoms with Crippen LogP contribution < -0.4 is 4.74 Å². The van der Waals surface area contributed by atoms with Gasteiger partial charge in [-0.15, -0.1) is 0 Å². The Balaban J connectivity index is 1.86. The molecule has 1 aromatic carbocycles. The molecular formula is C18H24N2O3. The van der Waals surface area contributed by atoms with Gasteiger partial charge in [-0.3, -0.25) is 4.79 Å². The van der Waals surface area contributed by atoms with E-state index in [9.17, 15) is 4.79 Å². The molecule has 1 fully saturated rings. The van der Waals surface area contributed by atoms with Crippen LogP contribution in [0.2, 0.25) is 0 Å². The molecule has 0 radical (unpaired) electrons. The lowest BCUT2D eigenvalue weighted by Gasteiger charge is -2.23. The number of methoxy groups -OCH3 is 1. The summed E-state index contributed by atoms with van der Waals surface area (Å²) in [6.07, 6.45) is 1.07. The number of likely N-dealkylation sites (N-methyl/N-ethyl adjacent to an activating group) is 1. The number of hydrogen-bond donors (Lipinski definition) is 0. The van der Waals surface area contributed by atoms with Crippen LogP contribution in [0.5, 0.6) is 5.75 Å². The quantitative estimate of drug-likeness (QED) is 0.870. The molecule has 1 saturated heterocycles. The molecule has 3 rings (SSSR count). The van der Waals surface area contributed by atoms with Crippen LogP contribution in [0.15, 0.2) is 28.7 Å². The van der Waals surface area contributed by atoms with Gasteiger partial charge in [0.15, 0.2) is 17.1 Å². The second-order valence-electron chi connectivity index (χ2n) is 6.40. The van der Waals surface area contributed by atoms with Gasteiger partial charge < -0.3 is 19.0 Å². The minimum atomic E-state index is -0.0361. The third kappa shape index (κ3) is 2.81. The van der Waals surface area contributed by atoms with Gasteiger partial charge in [-0.2, -0.15) is 0 Å². The molecule has 0 aliphatic carbocycles. The normalized spacial score (nSPS) is 21.3. The lowest BCUT2D eigenvalue weighted by Crippen LogP contribution is -2.36. The Hall–Kier alpha value is -2.01. The maximum absolute atomic E-state index is 12.8. The highest BCUT2D eigenvalue weighted by Crippen LogP contribution is 2.30. The summed E-state index contributed by atoms with van der Waals surface area (Å²) in [5.41, 5.74) is 0.633. The SMILES string of the molecule is CCC1CN(C(=O)c2cc3cccc(OC)c3o2)CC1N(C)C. The van der Waals surface area contributed by atoms with Gasteiger partial charge in [0.2, 0.25) is 0 Å². The van der Waals surface area contributed by atoms with Crippen molar-refractivity contribution < 1.29 is 13.9 Å². The molecule has 1 amide bonds. The summed E-state index contributed by atoms with van der Waals surface area (Å²) in [5.74, 6) is 1.51. The molecular weight excluding hydrogens is 292 g/mol. The Bertz CT molecular complexity index is 707. The summed E-state index contributed by atoms with van der Waals surface area (Å²) >= 11 is 0. The number of ether oxygens (including phenoxy) is 1. The van der Waals surface area contributed by atoms with Crippen molar-refractivity contribution in [3.05, 3.63) is 30.0 Å². The van der Waals surface area contributed by atoms with E-state index < -0.39 is 0 Å². The van der Waals surface area contributed by atoms with Crippen LogP contribution in [-0.4, -0.2) is 56.0 Å². The van der Waals surface area contributed by atoms with Crippen molar-refractivity contribution in [3.63, 3.8) is 0 Å². The van der Waals surface area contributed by atoms with Gasteiger partial charge in [0.1, 0.15) is 0 Å². The van der Waals surface area contributed by atoms with E-state index in [0.717, 1.165) is 24.9 Å². The number of likely N-dealkylation sites (tertiary alicyclic amines) is 1. The first-order valence-corrected chi connectivity index (χ1v) is 8.07. The number of amides is 1. The fraction of sp³-hybridized carbons (Fsp3) is 0.500. The molecule has 0 saturated carbocycles. The number of nitrogens with zero attached hydrogens (tertiary/aromatic N) is 2. The monoisotopic (exact) mass is 316 g/mol. The van der Waals surface area contributed by atoms with Gasteiger partial charge in [-0.1, -0.05) is 25.5 Å². The van der Waals surface area contributed by atoms with E-state index in [1.54, 1.807) is 7.11 Å². The minimum absolute atomic E-state index is 0.0361. The van der Waals surface area contributed by atoms with E-state index in [4.69, 9.17) is 9.15 Å². The molecule has 2 heterocycles. The van der Waals surface area contributed by atoms with Crippen LogP contribution in [0.3, 0.4) is 0 Å². The number of rotatable bonds is 4. The van der Waals surface area contributed by atoms with Gasteiger partial charge in [0.25, 0.3) is 5.91 Å². The number of fused-ring (bicyclic) bond motifs is 1. The summed E-state index contributed by atoms with van der Waals surface area (Å²) < 4.78 is 11.1. The highest BCUT2D eigenvalue weighted by Gasteiger charge is 2.36. The average molecular weight is 316 g/mol. The second-order valence-corrected chi connectivity index (χ2v) is 6.40. The third-order valence-corrected chi connectivity index (χ3v) is 4.82. The Labute approximate surface area is 136 Å². The maximum Gasteiger partial charge on any atom is 0.289 e. The maximum atomic E-state index is 12.8. The summed E-state index contributed by atoms with van der Waals surface area (Å²) in [5, 5.41) is 0.892. The van der Waals surface area contributed by atoms with Crippen LogP contribution in [-0.2, 0) is 0 Å². The number of benzene rings is 1. The minimum Gasteiger partial charge on any atom is -0.493 e. The molecule has 1 aliphatic heterocycles. The summed E-state index contributed by atoms with van der Waals surface area (Å²) in [6, 6.07) is 7.88. The fourth-order valence-electron chi connectivity index (χ4n) is 3.46. The lowest BCUT2D eigenvalue weighted by molar-refractivity contribution is 0.0751. The van der Waals surface area contributed by atoms with Crippen molar-refractivity contribution in [2.45, 2.75) is 19.4 Å². The number of hydrogen-bond acceptors (Lipinski definition) is 4. The number of carbonyl (C=O) groups excluding carboxylic acids is 1. The molecule has 1 aromatic heterocycles. The molecule has 23 heavy (non-hydrogen) atoms. The first kappa shape index (κ1) is 15.9. The van der Waals surface area contributed by atoms with Gasteiger partial charge in [-0.25, -0.2) is 0 Å². The van der Waals surface area contributed by atoms with Crippen LogP contribution in [0.25, 0.3) is 11.0 Å². The number of para-hydroxylation sites is 1. The summed E-state index contributed by atoms with van der Waals surface area (Å²) in [7, 11) is 5.76. The molecule has 124 valence electrons. The van der Waals surface area contributed by atoms with Crippen LogP contribution in [0, 0.1) is 5.92 Å². The Morgan fingerprint density at radius 1 is 1.39 bits per heavy atom. The van der Waals surface area contributed by atoms with Crippen molar-refractivity contribution in [1.29, 1.82) is 0 Å². The smallest absolute Gasteiger partial charge is 0.289 e. The zero-order valence-electron chi connectivity index (χ0n) is 14.2. The van der Waals surface area contributed by atoms with Crippen molar-refractivity contribution in [1.82, 2.24) is 9.80 Å². The predicted molar refractivity (Wildman–Crippen MR) is 89.9 cm³/mol. The van der Waals surface area contributed by atoms with Crippen molar-refractivity contribution in [2.75, 3.05) is 34.3 Å². The molecule has 0 spiro atoms. The molecule has 0 bridgehead atoms. The Morgan fingerprint density at radius 3 is 2.78 bits per heavy atom. The third-order valence-electron chi connectivity index (χ3n) is 4.82. The predicted octanol–water partition coefficient (Wildman–Crippen LogP) is 2.85. The van der Waals surface area contributed by atoms with E-state index in [1.165, 1.54) is 0 Å². The molecule has 2 atom stereocenters. The van der Waals surface area contributed by atoms with Gasteiger partial charge in [-0.05, 0) is 32.1 Å². The Kier molecular flexibility index (Phi) is 4.31. The Morgan fingerprint density at radius 2 is 2.17 bits per heavy atom. The number of furan rings is 1. The van der Waals surface area contributed by atoms with E-state index >= 15 is 0 Å². The highest BCUT2D eigenvalue weighted by molar-refractivity contribution is 5.97. The van der Waals surface area contributed by atoms with Crippen molar-refractivity contribution in [2.24, 2.45) is 5.92 Å². The largest absolute Gasteiger partial charge is 0.493 e. The van der Waals surface area contributed by atoms with Gasteiger partial charge in [0, 0.05) is 24.5 Å². The van der Waals surface area contributed by atoms with Crippen LogP contribution in [0.4, 0.5) is 0 Å². The van der Waals surface area contributed by atoms with Gasteiger partial charge >= 0.3 is 0 Å². The molecule has 5 heteroatoms. The first-order chi connectivity index (χ1) is 11.0. The molecule has 2 unspecified atom stereocenters. The highest BCUT2D eigenvalue weighted by atomic mass is 16.5. The average Bonchev–Trinajstić information content (AvgIpc) is 3.17. The van der Waals surface area contributed by atoms with E-state index in [-0.39, 0.29) is 5.91 Å². The van der Waals surface area contributed by atoms with Crippen LogP contribution in [0.1, 0.15) is 23.9 Å². The standard InChI is InChI=1S/C18H24N2O3/c1-5-12-10-20(11-14(12)19(2)3)18(21)16-9-13-7-6-8-15(22-4)17(13)23-16/h6-9,12,14H,5,10-11H2,1-4H3. The van der Waals surface area contributed by atoms with Gasteiger partial charge in [0.05, 0.1) is 7.11 Å². The van der Waals surface area contributed by atoms with Crippen molar-refractivity contribution >= 4 is 16.9 Å². The topological polar surface area (TPSA) is 45.9 Å². The fourth-order valence-corrected chi connectivity index (χ4v) is 3.46. The van der Waals surface area contributed by atoms with E-state index in [1.807, 2.05) is 29.2 Å². The van der Waals surface area contributed by atoms with Crippen molar-refractivity contribution in [3.8, 4) is 5.75 Å². The summed E-state index contributed by atoms with van der Waals surface area (Å²) in [4.78, 5) is 16.9. The second kappa shape index (κ2) is 6.24. The molecule has 5 nitrogen and oxygen atoms in total. The first-order valence-electron chi connectivity index (χ1n) is 8.07. The van der Waals surface area contributed by atoms with E-state index in [2.05, 4.69) is 25.9 Å². The zero-order valence-corrected chi connectivity index (χ0v) is 14.2. The number of carbonyl (C=O) groups is 1. The van der Waals surface area contributed by atoms with E-state index in [0.29, 0.717) is 29.1 Å². The zero-order chi connectivity index (χ0) is 16.6. The summed E-state index contributed by atoms with van der Waals surface area (Å²) in [6.45, 7) is 3.71. The molecule has 2 aromatic rings. The molecule has 0 N–H and O–H groups in total.